The van der Waals surface area contributed by atoms with Gasteiger partial charge in [-0.3, -0.25) is 4.79 Å². The molecule has 1 N–H and O–H groups in total. The Morgan fingerprint density at radius 3 is 2.53 bits per heavy atom. The van der Waals surface area contributed by atoms with Gasteiger partial charge in [0.1, 0.15) is 0 Å². The van der Waals surface area contributed by atoms with Crippen LogP contribution in [-0.4, -0.2) is 5.91 Å². The van der Waals surface area contributed by atoms with Crippen LogP contribution in [0.3, 0.4) is 0 Å². The molecule has 1 aromatic rings. The van der Waals surface area contributed by atoms with Gasteiger partial charge in [0.15, 0.2) is 0 Å². The van der Waals surface area contributed by atoms with Crippen molar-refractivity contribution in [1.29, 1.82) is 0 Å². The van der Waals surface area contributed by atoms with Gasteiger partial charge >= 0.3 is 0 Å². The minimum atomic E-state index is 0.0625. The minimum absolute atomic E-state index is 0.0625. The van der Waals surface area contributed by atoms with Crippen molar-refractivity contribution in [2.45, 2.75) is 26.3 Å². The number of hydrogen-bond acceptors (Lipinski definition) is 1. The molecule has 2 rings (SSSR count). The first-order valence-corrected chi connectivity index (χ1v) is 5.19. The lowest BCUT2D eigenvalue weighted by molar-refractivity contribution is -0.121. The van der Waals surface area contributed by atoms with Crippen molar-refractivity contribution < 1.29 is 4.79 Å². The summed E-state index contributed by atoms with van der Waals surface area (Å²) in [5.74, 6) is 0.118. The number of carbonyl (C=O) groups is 1. The number of rotatable bonds is 1. The van der Waals surface area contributed by atoms with Crippen molar-refractivity contribution in [3.63, 3.8) is 0 Å². The van der Waals surface area contributed by atoms with Crippen molar-refractivity contribution in [3.8, 4) is 0 Å². The van der Waals surface area contributed by atoms with Gasteiger partial charge < -0.3 is 5.32 Å². The number of nitrogens with one attached hydrogen (secondary N) is 1. The van der Waals surface area contributed by atoms with Gasteiger partial charge in [-0.1, -0.05) is 35.9 Å². The molecule has 1 unspecified atom stereocenters. The largest absolute Gasteiger partial charge is 0.345 e. The molecular formula is C13H15NO. The number of hydrogen-bond donors (Lipinski definition) is 1. The summed E-state index contributed by atoms with van der Waals surface area (Å²) in [5, 5.41) is 3.02. The lowest BCUT2D eigenvalue weighted by Gasteiger charge is -2.26. The topological polar surface area (TPSA) is 29.1 Å². The fourth-order valence-electron chi connectivity index (χ4n) is 1.93. The number of amides is 1. The number of benzene rings is 1. The van der Waals surface area contributed by atoms with Gasteiger partial charge in [0.05, 0.1) is 6.04 Å². The van der Waals surface area contributed by atoms with Crippen LogP contribution in [-0.2, 0) is 4.79 Å². The Morgan fingerprint density at radius 2 is 1.87 bits per heavy atom. The maximum absolute atomic E-state index is 11.5. The lowest BCUT2D eigenvalue weighted by Crippen LogP contribution is -2.33. The van der Waals surface area contributed by atoms with Gasteiger partial charge in [-0.25, -0.2) is 0 Å². The first-order chi connectivity index (χ1) is 7.18. The van der Waals surface area contributed by atoms with Gasteiger partial charge in [-0.15, -0.1) is 0 Å². The van der Waals surface area contributed by atoms with Crippen LogP contribution in [0.15, 0.2) is 41.5 Å². The Balaban J connectivity index is 2.37. The Kier molecular flexibility index (Phi) is 2.58. The van der Waals surface area contributed by atoms with Crippen molar-refractivity contribution in [2.75, 3.05) is 0 Å². The Hall–Kier alpha value is -1.57. The molecule has 0 spiro atoms. The predicted molar refractivity (Wildman–Crippen MR) is 60.3 cm³/mol. The zero-order chi connectivity index (χ0) is 10.8. The monoisotopic (exact) mass is 201 g/mol. The van der Waals surface area contributed by atoms with E-state index in [4.69, 9.17) is 0 Å². The van der Waals surface area contributed by atoms with Crippen LogP contribution in [0.1, 0.15) is 31.9 Å². The Morgan fingerprint density at radius 1 is 1.20 bits per heavy atom. The number of carbonyl (C=O) groups excluding carboxylic acids is 1. The van der Waals surface area contributed by atoms with Crippen molar-refractivity contribution >= 4 is 5.91 Å². The SMILES string of the molecule is CC1=C(C)C(c2ccccc2)NC(=O)C1. The molecule has 0 fully saturated rings. The molecule has 0 saturated carbocycles. The van der Waals surface area contributed by atoms with E-state index in [0.717, 1.165) is 5.56 Å². The molecule has 2 nitrogen and oxygen atoms in total. The second-order valence-electron chi connectivity index (χ2n) is 4.05. The summed E-state index contributed by atoms with van der Waals surface area (Å²) in [6.07, 6.45) is 0.537. The molecule has 0 aliphatic carbocycles. The van der Waals surface area contributed by atoms with E-state index in [2.05, 4.69) is 12.2 Å². The van der Waals surface area contributed by atoms with E-state index in [1.54, 1.807) is 0 Å². The standard InChI is InChI=1S/C13H15NO/c1-9-8-12(15)14-13(10(9)2)11-6-4-3-5-7-11/h3-7,13H,8H2,1-2H3,(H,14,15). The molecule has 0 bridgehead atoms. The van der Waals surface area contributed by atoms with Crippen LogP contribution >= 0.6 is 0 Å². The van der Waals surface area contributed by atoms with Crippen LogP contribution < -0.4 is 5.32 Å². The van der Waals surface area contributed by atoms with Gasteiger partial charge in [0, 0.05) is 6.42 Å². The van der Waals surface area contributed by atoms with Crippen molar-refractivity contribution in [1.82, 2.24) is 5.32 Å². The minimum Gasteiger partial charge on any atom is -0.345 e. The normalized spacial score (nSPS) is 21.5. The zero-order valence-electron chi connectivity index (χ0n) is 9.08. The van der Waals surface area contributed by atoms with Crippen molar-refractivity contribution in [2.24, 2.45) is 0 Å². The highest BCUT2D eigenvalue weighted by molar-refractivity contribution is 5.81. The maximum atomic E-state index is 11.5. The average Bonchev–Trinajstić information content (AvgIpc) is 2.24. The highest BCUT2D eigenvalue weighted by Gasteiger charge is 2.22. The Bertz CT molecular complexity index is 406. The van der Waals surface area contributed by atoms with Crippen LogP contribution in [0.5, 0.6) is 0 Å². The molecule has 1 aromatic carbocycles. The molecule has 1 heterocycles. The van der Waals surface area contributed by atoms with E-state index in [-0.39, 0.29) is 11.9 Å². The maximum Gasteiger partial charge on any atom is 0.224 e. The smallest absolute Gasteiger partial charge is 0.224 e. The van der Waals surface area contributed by atoms with Crippen LogP contribution in [0.25, 0.3) is 0 Å². The lowest BCUT2D eigenvalue weighted by atomic mass is 9.91. The third kappa shape index (κ3) is 1.94. The van der Waals surface area contributed by atoms with Crippen molar-refractivity contribution in [3.05, 3.63) is 47.0 Å². The Labute approximate surface area is 90.0 Å². The fraction of sp³-hybridized carbons (Fsp3) is 0.308. The van der Waals surface area contributed by atoms with E-state index in [9.17, 15) is 4.79 Å². The van der Waals surface area contributed by atoms with E-state index < -0.39 is 0 Å². The molecule has 78 valence electrons. The van der Waals surface area contributed by atoms with Gasteiger partial charge in [-0.05, 0) is 25.0 Å². The fourth-order valence-corrected chi connectivity index (χ4v) is 1.93. The summed E-state index contributed by atoms with van der Waals surface area (Å²) >= 11 is 0. The first kappa shape index (κ1) is 9.97. The quantitative estimate of drug-likeness (QED) is 0.695. The molecule has 0 saturated heterocycles. The van der Waals surface area contributed by atoms with E-state index >= 15 is 0 Å². The van der Waals surface area contributed by atoms with Crippen LogP contribution in [0, 0.1) is 0 Å². The second kappa shape index (κ2) is 3.89. The highest BCUT2D eigenvalue weighted by atomic mass is 16.1. The van der Waals surface area contributed by atoms with Gasteiger partial charge in [-0.2, -0.15) is 0 Å². The van der Waals surface area contributed by atoms with E-state index in [1.807, 2.05) is 37.3 Å². The molecule has 15 heavy (non-hydrogen) atoms. The highest BCUT2D eigenvalue weighted by Crippen LogP contribution is 2.28. The second-order valence-corrected chi connectivity index (χ2v) is 4.05. The average molecular weight is 201 g/mol. The third-order valence-corrected chi connectivity index (χ3v) is 2.97. The summed E-state index contributed by atoms with van der Waals surface area (Å²) in [7, 11) is 0. The third-order valence-electron chi connectivity index (χ3n) is 2.97. The molecular weight excluding hydrogens is 186 g/mol. The van der Waals surface area contributed by atoms with Gasteiger partial charge in [0.2, 0.25) is 5.91 Å². The van der Waals surface area contributed by atoms with Gasteiger partial charge in [0.25, 0.3) is 0 Å². The molecule has 1 amide bonds. The molecule has 1 atom stereocenters. The predicted octanol–water partition coefficient (Wildman–Crippen LogP) is 2.58. The molecule has 1 aliphatic heterocycles. The molecule has 1 aliphatic rings. The van der Waals surface area contributed by atoms with Crippen LogP contribution in [0.2, 0.25) is 0 Å². The molecule has 0 radical (unpaired) electrons. The summed E-state index contributed by atoms with van der Waals surface area (Å²) in [5.41, 5.74) is 3.61. The zero-order valence-corrected chi connectivity index (χ0v) is 9.08. The summed E-state index contributed by atoms with van der Waals surface area (Å²) in [6.45, 7) is 4.12. The molecule has 0 aromatic heterocycles. The van der Waals surface area contributed by atoms with E-state index in [1.165, 1.54) is 11.1 Å². The molecule has 2 heteroatoms. The van der Waals surface area contributed by atoms with Crippen LogP contribution in [0.4, 0.5) is 0 Å². The summed E-state index contributed by atoms with van der Waals surface area (Å²) < 4.78 is 0. The summed E-state index contributed by atoms with van der Waals surface area (Å²) in [4.78, 5) is 11.5. The first-order valence-electron chi connectivity index (χ1n) is 5.19. The summed E-state index contributed by atoms with van der Waals surface area (Å²) in [6, 6.07) is 10.1. The van der Waals surface area contributed by atoms with E-state index in [0.29, 0.717) is 6.42 Å².